The minimum atomic E-state index is -1.32. The van der Waals surface area contributed by atoms with Crippen LogP contribution in [0.5, 0.6) is 5.75 Å². The fraction of sp³-hybridized carbons (Fsp3) is 0.280. The molecule has 6 N–H and O–H groups in total. The van der Waals surface area contributed by atoms with E-state index in [0.717, 1.165) is 28.5 Å². The van der Waals surface area contributed by atoms with Crippen LogP contribution in [0.25, 0.3) is 0 Å². The zero-order valence-corrected chi connectivity index (χ0v) is 26.7. The van der Waals surface area contributed by atoms with Crippen molar-refractivity contribution >= 4 is 80.8 Å². The Kier molecular flexibility index (Phi) is 9.84. The molecular formula is C25H23N7O10S4. The summed E-state index contributed by atoms with van der Waals surface area (Å²) in [6.07, 6.45) is 0.763. The normalized spacial score (nSPS) is 17.7. The molecule has 2 amide bonds. The molecule has 21 heteroatoms. The number of anilines is 1. The largest absolute Gasteiger partial charge is 0.503 e. The number of thioether (sulfide) groups is 2. The number of hydrogen-bond acceptors (Lipinski definition) is 17. The first-order valence-corrected chi connectivity index (χ1v) is 16.8. The maximum Gasteiger partial charge on any atom is 0.358 e. The second kappa shape index (κ2) is 13.8. The number of aromatic nitrogens is 3. The Bertz CT molecular complexity index is 1830. The van der Waals surface area contributed by atoms with Crippen molar-refractivity contribution < 1.29 is 44.2 Å². The molecule has 3 aromatic heterocycles. The third-order valence-corrected chi connectivity index (χ3v) is 10.6. The highest BCUT2D eigenvalue weighted by Crippen LogP contribution is 2.42. The minimum Gasteiger partial charge on any atom is -0.503 e. The van der Waals surface area contributed by atoms with Gasteiger partial charge in [-0.25, -0.2) is 19.6 Å². The number of esters is 1. The average Bonchev–Trinajstić information content (AvgIpc) is 3.67. The molecule has 3 aromatic rings. The van der Waals surface area contributed by atoms with Crippen LogP contribution >= 0.6 is 46.2 Å². The van der Waals surface area contributed by atoms with Crippen LogP contribution in [-0.4, -0.2) is 94.0 Å². The topological polar surface area (TPSA) is 249 Å². The Morgan fingerprint density at radius 1 is 1.28 bits per heavy atom. The first-order valence-electron chi connectivity index (χ1n) is 13.0. The van der Waals surface area contributed by atoms with Crippen LogP contribution in [-0.2, 0) is 30.6 Å². The number of carboxylic acid groups (broad SMARTS) is 1. The minimum absolute atomic E-state index is 0.0164. The van der Waals surface area contributed by atoms with Crippen molar-refractivity contribution in [3.05, 3.63) is 61.7 Å². The number of pyridine rings is 1. The second-order valence-corrected chi connectivity index (χ2v) is 13.4. The number of fused-ring (bicyclic) bond motifs is 1. The third kappa shape index (κ3) is 6.66. The second-order valence-electron chi connectivity index (χ2n) is 9.26. The number of carbonyl (C=O) groups is 4. The number of aliphatic carboxylic acids is 1. The van der Waals surface area contributed by atoms with Crippen LogP contribution in [0.1, 0.15) is 28.8 Å². The highest BCUT2D eigenvalue weighted by Gasteiger charge is 2.54. The molecule has 0 radical (unpaired) electrons. The molecule has 0 aliphatic carbocycles. The highest BCUT2D eigenvalue weighted by atomic mass is 32.2. The van der Waals surface area contributed by atoms with Crippen LogP contribution in [0.15, 0.2) is 48.6 Å². The van der Waals surface area contributed by atoms with Crippen molar-refractivity contribution in [3.8, 4) is 5.75 Å². The van der Waals surface area contributed by atoms with E-state index in [9.17, 15) is 39.4 Å². The zero-order chi connectivity index (χ0) is 33.1. The maximum absolute atomic E-state index is 13.3. The summed E-state index contributed by atoms with van der Waals surface area (Å²) in [5, 5.41) is 36.5. The number of carboxylic acids is 1. The highest BCUT2D eigenvalue weighted by molar-refractivity contribution is 8.02. The summed E-state index contributed by atoms with van der Waals surface area (Å²) in [6, 6.07) is -0.205. The lowest BCUT2D eigenvalue weighted by Crippen LogP contribution is -2.71. The first kappa shape index (κ1) is 32.8. The van der Waals surface area contributed by atoms with Crippen molar-refractivity contribution in [3.63, 3.8) is 0 Å². The van der Waals surface area contributed by atoms with Crippen LogP contribution in [0.4, 0.5) is 5.13 Å². The SMILES string of the molecule is CCOC(=O)c1ncsc1SCC1=C(C(=O)O)N2C(=O)[C@@H](NC(=O)C(=NOCc3cc(=O)c(O)cn3O)c3csc(N)n3)[C@H]2SC1. The van der Waals surface area contributed by atoms with Gasteiger partial charge in [-0.3, -0.25) is 19.3 Å². The molecule has 1 saturated heterocycles. The van der Waals surface area contributed by atoms with Crippen LogP contribution in [0.2, 0.25) is 0 Å². The molecule has 0 saturated carbocycles. The lowest BCUT2D eigenvalue weighted by Gasteiger charge is -2.49. The number of thiazole rings is 2. The lowest BCUT2D eigenvalue weighted by molar-refractivity contribution is -0.150. The lowest BCUT2D eigenvalue weighted by atomic mass is 10.0. The number of rotatable bonds is 12. The Hall–Kier alpha value is -4.60. The van der Waals surface area contributed by atoms with Crippen molar-refractivity contribution in [1.29, 1.82) is 0 Å². The van der Waals surface area contributed by atoms with Gasteiger partial charge in [0, 0.05) is 23.0 Å². The maximum atomic E-state index is 13.3. The number of nitrogens with one attached hydrogen (secondary N) is 1. The van der Waals surface area contributed by atoms with Gasteiger partial charge >= 0.3 is 11.9 Å². The van der Waals surface area contributed by atoms with Gasteiger partial charge in [-0.15, -0.1) is 46.2 Å². The Labute approximate surface area is 274 Å². The van der Waals surface area contributed by atoms with Crippen molar-refractivity contribution in [2.45, 2.75) is 29.2 Å². The van der Waals surface area contributed by atoms with E-state index in [4.69, 9.17) is 15.3 Å². The fourth-order valence-electron chi connectivity index (χ4n) is 4.26. The van der Waals surface area contributed by atoms with Crippen molar-refractivity contribution in [2.24, 2.45) is 5.16 Å². The Balaban J connectivity index is 1.30. The number of oxime groups is 1. The predicted octanol–water partition coefficient (Wildman–Crippen LogP) is 0.915. The number of β-lactam (4-membered cyclic amide) rings is 1. The van der Waals surface area contributed by atoms with Gasteiger partial charge in [-0.05, 0) is 12.5 Å². The molecule has 5 heterocycles. The standard InChI is InChI=1S/C25H23N7O10S4/c1-2-41-23(39)17-24(46-9-27-17)44-7-10-6-43-21-16(20(36)32(21)18(10)22(37)38)29-19(35)15(12-8-45-25(26)28-12)30-42-5-11-3-13(33)14(34)4-31(11)40/h3-4,8-9,16,21,34,40H,2,5-7H2,1H3,(H2,26,28)(H,29,35)(H,37,38)/t16-,21-/m1/s1. The van der Waals surface area contributed by atoms with E-state index < -0.39 is 53.0 Å². The molecule has 2 atom stereocenters. The third-order valence-electron chi connectivity index (χ3n) is 6.35. The first-order chi connectivity index (χ1) is 22.0. The summed E-state index contributed by atoms with van der Waals surface area (Å²) < 4.78 is 6.01. The number of nitrogens with two attached hydrogens (primary N) is 1. The number of ether oxygens (including phenoxy) is 1. The van der Waals surface area contributed by atoms with E-state index in [1.807, 2.05) is 0 Å². The summed E-state index contributed by atoms with van der Waals surface area (Å²) in [7, 11) is 0. The van der Waals surface area contributed by atoms with Gasteiger partial charge in [0.1, 0.15) is 28.5 Å². The summed E-state index contributed by atoms with van der Waals surface area (Å²) in [5.74, 6) is -3.75. The van der Waals surface area contributed by atoms with Crippen LogP contribution in [0, 0.1) is 0 Å². The number of carbonyl (C=O) groups excluding carboxylic acids is 3. The molecule has 0 spiro atoms. The van der Waals surface area contributed by atoms with Gasteiger partial charge in [0.2, 0.25) is 5.43 Å². The van der Waals surface area contributed by atoms with Gasteiger partial charge in [0.25, 0.3) is 11.8 Å². The van der Waals surface area contributed by atoms with E-state index in [-0.39, 0.29) is 51.7 Å². The van der Waals surface area contributed by atoms with E-state index in [1.165, 1.54) is 45.8 Å². The smallest absolute Gasteiger partial charge is 0.358 e. The molecule has 1 fully saturated rings. The number of hydrogen-bond donors (Lipinski definition) is 5. The van der Waals surface area contributed by atoms with E-state index in [0.29, 0.717) is 14.5 Å². The van der Waals surface area contributed by atoms with Gasteiger partial charge in [0.15, 0.2) is 28.9 Å². The molecule has 46 heavy (non-hydrogen) atoms. The monoisotopic (exact) mass is 709 g/mol. The van der Waals surface area contributed by atoms with Crippen molar-refractivity contribution in [1.82, 2.24) is 24.9 Å². The molecule has 0 bridgehead atoms. The number of aromatic hydroxyl groups is 1. The molecule has 0 unspecified atom stereocenters. The number of amides is 2. The van der Waals surface area contributed by atoms with Gasteiger partial charge in [-0.2, -0.15) is 4.73 Å². The summed E-state index contributed by atoms with van der Waals surface area (Å²) >= 11 is 4.68. The molecule has 17 nitrogen and oxygen atoms in total. The molecule has 0 aromatic carbocycles. The molecule has 2 aliphatic rings. The molecular weight excluding hydrogens is 687 g/mol. The van der Waals surface area contributed by atoms with E-state index >= 15 is 0 Å². The van der Waals surface area contributed by atoms with Gasteiger partial charge < -0.3 is 36.0 Å². The van der Waals surface area contributed by atoms with Gasteiger partial charge in [0.05, 0.1) is 22.5 Å². The molecule has 242 valence electrons. The zero-order valence-electron chi connectivity index (χ0n) is 23.4. The number of nitrogens with zero attached hydrogens (tertiary/aromatic N) is 5. The molecule has 2 aliphatic heterocycles. The summed E-state index contributed by atoms with van der Waals surface area (Å²) in [5.41, 5.74) is 6.35. The van der Waals surface area contributed by atoms with Crippen molar-refractivity contribution in [2.75, 3.05) is 23.8 Å². The summed E-state index contributed by atoms with van der Waals surface area (Å²) in [4.78, 5) is 77.1. The quantitative estimate of drug-likeness (QED) is 0.0438. The predicted molar refractivity (Wildman–Crippen MR) is 166 cm³/mol. The fourth-order valence-corrected chi connectivity index (χ4v) is 8.17. The summed E-state index contributed by atoms with van der Waals surface area (Å²) in [6.45, 7) is 1.35. The van der Waals surface area contributed by atoms with E-state index in [1.54, 1.807) is 6.92 Å². The van der Waals surface area contributed by atoms with E-state index in [2.05, 4.69) is 20.4 Å². The Morgan fingerprint density at radius 2 is 2.07 bits per heavy atom. The van der Waals surface area contributed by atoms with Gasteiger partial charge in [-0.1, -0.05) is 5.16 Å². The van der Waals surface area contributed by atoms with Crippen LogP contribution in [0.3, 0.4) is 0 Å². The number of nitrogen functional groups attached to an aromatic ring is 1. The molecule has 5 rings (SSSR count). The van der Waals surface area contributed by atoms with Crippen LogP contribution < -0.4 is 16.5 Å². The average molecular weight is 710 g/mol. The Morgan fingerprint density at radius 3 is 2.76 bits per heavy atom.